The van der Waals surface area contributed by atoms with Crippen LogP contribution in [0.15, 0.2) is 40.9 Å². The Kier molecular flexibility index (Phi) is 4.55. The molecule has 1 atom stereocenters. The van der Waals surface area contributed by atoms with Crippen LogP contribution in [-0.2, 0) is 6.42 Å². The first-order chi connectivity index (χ1) is 8.97. The summed E-state index contributed by atoms with van der Waals surface area (Å²) in [4.78, 5) is 0. The summed E-state index contributed by atoms with van der Waals surface area (Å²) in [6.45, 7) is 0. The highest BCUT2D eigenvalue weighted by Crippen LogP contribution is 2.27. The van der Waals surface area contributed by atoms with Gasteiger partial charge < -0.3 is 5.73 Å². The van der Waals surface area contributed by atoms with Crippen LogP contribution in [0.5, 0.6) is 0 Å². The van der Waals surface area contributed by atoms with Crippen LogP contribution in [0.25, 0.3) is 0 Å². The van der Waals surface area contributed by atoms with E-state index in [-0.39, 0.29) is 6.04 Å². The van der Waals surface area contributed by atoms with Gasteiger partial charge in [0.15, 0.2) is 11.6 Å². The van der Waals surface area contributed by atoms with Crippen molar-refractivity contribution in [3.63, 3.8) is 0 Å². The molecule has 5 heteroatoms. The highest BCUT2D eigenvalue weighted by molar-refractivity contribution is 9.10. The quantitative estimate of drug-likeness (QED) is 0.862. The van der Waals surface area contributed by atoms with Gasteiger partial charge in [-0.25, -0.2) is 8.78 Å². The van der Waals surface area contributed by atoms with Crippen LogP contribution < -0.4 is 5.73 Å². The molecule has 0 radical (unpaired) electrons. The largest absolute Gasteiger partial charge is 0.324 e. The molecule has 0 heterocycles. The lowest BCUT2D eigenvalue weighted by Gasteiger charge is -2.14. The van der Waals surface area contributed by atoms with Crippen LogP contribution in [0.3, 0.4) is 0 Å². The van der Waals surface area contributed by atoms with E-state index < -0.39 is 11.6 Å². The summed E-state index contributed by atoms with van der Waals surface area (Å²) in [5.41, 5.74) is 7.45. The third-order valence-electron chi connectivity index (χ3n) is 2.80. The summed E-state index contributed by atoms with van der Waals surface area (Å²) in [6, 6.07) is 8.81. The number of benzene rings is 2. The fraction of sp³-hybridized carbons (Fsp3) is 0.143. The molecule has 100 valence electrons. The van der Waals surface area contributed by atoms with E-state index in [1.807, 2.05) is 12.1 Å². The lowest BCUT2D eigenvalue weighted by atomic mass is 9.99. The van der Waals surface area contributed by atoms with Gasteiger partial charge in [0.2, 0.25) is 0 Å². The molecular weight excluding hydrogens is 336 g/mol. The van der Waals surface area contributed by atoms with Crippen LogP contribution in [0.1, 0.15) is 17.2 Å². The van der Waals surface area contributed by atoms with Crippen LogP contribution in [0, 0.1) is 11.6 Å². The summed E-state index contributed by atoms with van der Waals surface area (Å²) in [6.07, 6.45) is 0.387. The molecule has 0 aromatic heterocycles. The minimum Gasteiger partial charge on any atom is -0.324 e. The standard InChI is InChI=1S/C14H11BrClF2N/c15-9-2-3-10(11(16)7-9)14(19)6-8-1-4-12(17)13(18)5-8/h1-5,7,14H,6,19H2. The number of halogens is 4. The minimum atomic E-state index is -0.869. The van der Waals surface area contributed by atoms with Gasteiger partial charge in [-0.05, 0) is 41.8 Å². The van der Waals surface area contributed by atoms with Crippen molar-refractivity contribution >= 4 is 27.5 Å². The second kappa shape index (κ2) is 5.99. The van der Waals surface area contributed by atoms with Gasteiger partial charge in [0.1, 0.15) is 0 Å². The Bertz CT molecular complexity index is 604. The Balaban J connectivity index is 2.20. The number of hydrogen-bond acceptors (Lipinski definition) is 1. The molecule has 0 amide bonds. The van der Waals surface area contributed by atoms with Gasteiger partial charge in [-0.3, -0.25) is 0 Å². The van der Waals surface area contributed by atoms with Gasteiger partial charge in [0.25, 0.3) is 0 Å². The second-order valence-electron chi connectivity index (χ2n) is 4.22. The molecule has 0 saturated carbocycles. The monoisotopic (exact) mass is 345 g/mol. The van der Waals surface area contributed by atoms with Crippen molar-refractivity contribution < 1.29 is 8.78 Å². The van der Waals surface area contributed by atoms with Crippen molar-refractivity contribution in [2.75, 3.05) is 0 Å². The molecule has 2 rings (SSSR count). The minimum absolute atomic E-state index is 0.370. The summed E-state index contributed by atoms with van der Waals surface area (Å²) >= 11 is 9.42. The lowest BCUT2D eigenvalue weighted by Crippen LogP contribution is -2.14. The first-order valence-electron chi connectivity index (χ1n) is 5.62. The van der Waals surface area contributed by atoms with Gasteiger partial charge in [-0.15, -0.1) is 0 Å². The molecular formula is C14H11BrClF2N. The van der Waals surface area contributed by atoms with Crippen LogP contribution in [-0.4, -0.2) is 0 Å². The molecule has 0 spiro atoms. The van der Waals surface area contributed by atoms with Crippen LogP contribution >= 0.6 is 27.5 Å². The zero-order chi connectivity index (χ0) is 14.0. The number of nitrogens with two attached hydrogens (primary N) is 1. The molecule has 1 unspecified atom stereocenters. The smallest absolute Gasteiger partial charge is 0.159 e. The van der Waals surface area contributed by atoms with Crippen molar-refractivity contribution in [1.29, 1.82) is 0 Å². The maximum absolute atomic E-state index is 13.1. The third kappa shape index (κ3) is 3.53. The van der Waals surface area contributed by atoms with Crippen molar-refractivity contribution in [3.8, 4) is 0 Å². The van der Waals surface area contributed by atoms with E-state index in [2.05, 4.69) is 15.9 Å². The summed E-state index contributed by atoms with van der Waals surface area (Å²) in [7, 11) is 0. The second-order valence-corrected chi connectivity index (χ2v) is 5.55. The van der Waals surface area contributed by atoms with Gasteiger partial charge in [-0.1, -0.05) is 39.7 Å². The number of hydrogen-bond donors (Lipinski definition) is 1. The molecule has 0 saturated heterocycles. The number of rotatable bonds is 3. The molecule has 2 N–H and O–H groups in total. The first kappa shape index (κ1) is 14.4. The third-order valence-corrected chi connectivity index (χ3v) is 3.62. The highest BCUT2D eigenvalue weighted by Gasteiger charge is 2.12. The summed E-state index contributed by atoms with van der Waals surface area (Å²) in [5.74, 6) is -1.73. The highest BCUT2D eigenvalue weighted by atomic mass is 79.9. The molecule has 0 fully saturated rings. The predicted octanol–water partition coefficient (Wildman–Crippen LogP) is 4.62. The van der Waals surface area contributed by atoms with Crippen LogP contribution in [0.4, 0.5) is 8.78 Å². The normalized spacial score (nSPS) is 12.5. The Morgan fingerprint density at radius 1 is 1.11 bits per heavy atom. The first-order valence-corrected chi connectivity index (χ1v) is 6.79. The van der Waals surface area contributed by atoms with E-state index in [9.17, 15) is 8.78 Å². The topological polar surface area (TPSA) is 26.0 Å². The predicted molar refractivity (Wildman–Crippen MR) is 76.1 cm³/mol. The molecule has 0 bridgehead atoms. The fourth-order valence-electron chi connectivity index (χ4n) is 1.83. The zero-order valence-electron chi connectivity index (χ0n) is 9.84. The fourth-order valence-corrected chi connectivity index (χ4v) is 2.65. The average Bonchev–Trinajstić information content (AvgIpc) is 2.33. The van der Waals surface area contributed by atoms with E-state index in [0.717, 1.165) is 22.2 Å². The Hall–Kier alpha value is -0.970. The van der Waals surface area contributed by atoms with Gasteiger partial charge >= 0.3 is 0 Å². The molecule has 0 aliphatic rings. The van der Waals surface area contributed by atoms with Crippen molar-refractivity contribution in [2.45, 2.75) is 12.5 Å². The van der Waals surface area contributed by atoms with Crippen molar-refractivity contribution in [2.24, 2.45) is 5.73 Å². The lowest BCUT2D eigenvalue weighted by molar-refractivity contribution is 0.506. The van der Waals surface area contributed by atoms with Gasteiger partial charge in [0, 0.05) is 15.5 Å². The van der Waals surface area contributed by atoms with Gasteiger partial charge in [-0.2, -0.15) is 0 Å². The molecule has 19 heavy (non-hydrogen) atoms. The van der Waals surface area contributed by atoms with E-state index >= 15 is 0 Å². The zero-order valence-corrected chi connectivity index (χ0v) is 12.2. The average molecular weight is 347 g/mol. The molecule has 2 aromatic rings. The van der Waals surface area contributed by atoms with Crippen molar-refractivity contribution in [1.82, 2.24) is 0 Å². The maximum Gasteiger partial charge on any atom is 0.159 e. The van der Waals surface area contributed by atoms with E-state index in [1.165, 1.54) is 6.07 Å². The maximum atomic E-state index is 13.1. The van der Waals surface area contributed by atoms with Crippen LogP contribution in [0.2, 0.25) is 5.02 Å². The van der Waals surface area contributed by atoms with E-state index in [0.29, 0.717) is 17.0 Å². The molecule has 1 nitrogen and oxygen atoms in total. The van der Waals surface area contributed by atoms with Crippen molar-refractivity contribution in [3.05, 3.63) is 68.7 Å². The SMILES string of the molecule is NC(Cc1ccc(F)c(F)c1)c1ccc(Br)cc1Cl. The Morgan fingerprint density at radius 2 is 1.84 bits per heavy atom. The van der Waals surface area contributed by atoms with Gasteiger partial charge in [0.05, 0.1) is 0 Å². The molecule has 2 aromatic carbocycles. The Morgan fingerprint density at radius 3 is 2.47 bits per heavy atom. The Labute approximate surface area is 123 Å². The summed E-state index contributed by atoms with van der Waals surface area (Å²) in [5, 5.41) is 0.546. The molecule has 0 aliphatic heterocycles. The summed E-state index contributed by atoms with van der Waals surface area (Å²) < 4.78 is 26.8. The van der Waals surface area contributed by atoms with E-state index in [1.54, 1.807) is 6.07 Å². The molecule has 0 aliphatic carbocycles. The van der Waals surface area contributed by atoms with E-state index in [4.69, 9.17) is 17.3 Å².